The van der Waals surface area contributed by atoms with Crippen molar-refractivity contribution in [1.29, 1.82) is 0 Å². The van der Waals surface area contributed by atoms with Gasteiger partial charge in [0.15, 0.2) is 0 Å². The molecule has 0 unspecified atom stereocenters. The number of fused-ring (bicyclic) bond motifs is 1. The van der Waals surface area contributed by atoms with Gasteiger partial charge in [0.2, 0.25) is 5.91 Å². The zero-order valence-electron chi connectivity index (χ0n) is 12.5. The van der Waals surface area contributed by atoms with Gasteiger partial charge < -0.3 is 10.6 Å². The van der Waals surface area contributed by atoms with E-state index in [0.29, 0.717) is 18.9 Å². The second-order valence-electron chi connectivity index (χ2n) is 5.31. The number of hydrogen-bond donors (Lipinski definition) is 2. The number of nitrogens with zero attached hydrogens (tertiary/aromatic N) is 1. The van der Waals surface area contributed by atoms with Gasteiger partial charge in [-0.3, -0.25) is 4.79 Å². The van der Waals surface area contributed by atoms with Gasteiger partial charge in [-0.25, -0.2) is 4.98 Å². The normalized spacial score (nSPS) is 14.8. The third kappa shape index (κ3) is 5.87. The Kier molecular flexibility index (Phi) is 8.79. The van der Waals surface area contributed by atoms with E-state index >= 15 is 0 Å². The summed E-state index contributed by atoms with van der Waals surface area (Å²) in [5, 5.41) is 7.46. The van der Waals surface area contributed by atoms with E-state index in [9.17, 15) is 4.79 Å². The van der Waals surface area contributed by atoms with Gasteiger partial charge >= 0.3 is 0 Å². The summed E-state index contributed by atoms with van der Waals surface area (Å²) < 4.78 is 2.21. The molecule has 1 saturated heterocycles. The molecule has 2 heterocycles. The van der Waals surface area contributed by atoms with Gasteiger partial charge in [0, 0.05) is 23.4 Å². The van der Waals surface area contributed by atoms with E-state index in [1.165, 1.54) is 4.70 Å². The van der Waals surface area contributed by atoms with Crippen molar-refractivity contribution >= 4 is 68.2 Å². The van der Waals surface area contributed by atoms with Crippen molar-refractivity contribution in [2.75, 3.05) is 13.1 Å². The van der Waals surface area contributed by atoms with Crippen LogP contribution in [0.5, 0.6) is 0 Å². The number of piperidine rings is 1. The summed E-state index contributed by atoms with van der Waals surface area (Å²) in [4.78, 5) is 16.6. The second kappa shape index (κ2) is 9.79. The number of carbonyl (C=O) groups excluding carboxylic acids is 1. The Labute approximate surface area is 160 Å². The number of rotatable bonds is 4. The second-order valence-corrected chi connectivity index (χ2v) is 7.34. The van der Waals surface area contributed by atoms with E-state index < -0.39 is 0 Å². The Morgan fingerprint density at radius 1 is 1.35 bits per heavy atom. The van der Waals surface area contributed by atoms with Crippen LogP contribution in [0.3, 0.4) is 0 Å². The molecule has 0 saturated carbocycles. The van der Waals surface area contributed by atoms with E-state index in [4.69, 9.17) is 0 Å². The number of aromatic nitrogens is 1. The molecule has 1 aliphatic rings. The molecule has 8 heteroatoms. The monoisotopic (exact) mass is 439 g/mol. The molecular formula is C15H20BrCl2N3OS. The minimum atomic E-state index is 0. The Morgan fingerprint density at radius 3 is 2.83 bits per heavy atom. The summed E-state index contributed by atoms with van der Waals surface area (Å²) in [6, 6.07) is 6.44. The summed E-state index contributed by atoms with van der Waals surface area (Å²) in [5.74, 6) is 0.141. The lowest BCUT2D eigenvalue weighted by molar-refractivity contribution is -0.121. The minimum Gasteiger partial charge on any atom is -0.353 e. The summed E-state index contributed by atoms with van der Waals surface area (Å²) in [6.07, 6.45) is 3.29. The molecule has 0 bridgehead atoms. The van der Waals surface area contributed by atoms with E-state index in [-0.39, 0.29) is 30.7 Å². The first-order valence-electron chi connectivity index (χ1n) is 7.26. The van der Waals surface area contributed by atoms with Crippen molar-refractivity contribution in [3.8, 4) is 0 Å². The third-order valence-corrected chi connectivity index (χ3v) is 5.25. The van der Waals surface area contributed by atoms with Crippen LogP contribution in [-0.4, -0.2) is 30.0 Å². The van der Waals surface area contributed by atoms with Gasteiger partial charge in [0.25, 0.3) is 0 Å². The number of nitrogens with one attached hydrogen (secondary N) is 2. The predicted molar refractivity (Wildman–Crippen MR) is 104 cm³/mol. The average molecular weight is 441 g/mol. The molecule has 3 rings (SSSR count). The van der Waals surface area contributed by atoms with E-state index in [1.54, 1.807) is 11.3 Å². The van der Waals surface area contributed by atoms with Gasteiger partial charge in [-0.05, 0) is 44.1 Å². The van der Waals surface area contributed by atoms with Crippen LogP contribution in [0.15, 0.2) is 22.7 Å². The highest BCUT2D eigenvalue weighted by Gasteiger charge is 2.15. The highest BCUT2D eigenvalue weighted by atomic mass is 79.9. The number of hydrogen-bond acceptors (Lipinski definition) is 4. The topological polar surface area (TPSA) is 54.0 Å². The van der Waals surface area contributed by atoms with Gasteiger partial charge in [-0.1, -0.05) is 15.9 Å². The Morgan fingerprint density at radius 2 is 2.09 bits per heavy atom. The summed E-state index contributed by atoms with van der Waals surface area (Å²) in [6.45, 7) is 2.00. The van der Waals surface area contributed by atoms with Crippen molar-refractivity contribution in [2.45, 2.75) is 31.7 Å². The molecule has 1 amide bonds. The lowest BCUT2D eigenvalue weighted by Crippen LogP contribution is -2.42. The number of thiazole rings is 1. The van der Waals surface area contributed by atoms with Crippen LogP contribution in [-0.2, 0) is 11.2 Å². The molecule has 0 aliphatic carbocycles. The average Bonchev–Trinajstić information content (AvgIpc) is 2.88. The van der Waals surface area contributed by atoms with Crippen molar-refractivity contribution in [2.24, 2.45) is 0 Å². The minimum absolute atomic E-state index is 0. The highest BCUT2D eigenvalue weighted by Crippen LogP contribution is 2.25. The molecule has 4 nitrogen and oxygen atoms in total. The van der Waals surface area contributed by atoms with E-state index in [0.717, 1.165) is 40.9 Å². The number of carbonyl (C=O) groups is 1. The van der Waals surface area contributed by atoms with Crippen molar-refractivity contribution in [1.82, 2.24) is 15.6 Å². The van der Waals surface area contributed by atoms with Gasteiger partial charge in [-0.15, -0.1) is 36.2 Å². The van der Waals surface area contributed by atoms with Crippen LogP contribution < -0.4 is 10.6 Å². The van der Waals surface area contributed by atoms with Crippen molar-refractivity contribution in [3.05, 3.63) is 27.7 Å². The first kappa shape index (κ1) is 20.6. The maximum atomic E-state index is 12.0. The van der Waals surface area contributed by atoms with Crippen LogP contribution in [0.4, 0.5) is 0 Å². The molecular weight excluding hydrogens is 421 g/mol. The molecule has 1 aromatic carbocycles. The molecule has 1 aromatic heterocycles. The molecule has 2 aromatic rings. The number of aryl methyl sites for hydroxylation is 1. The number of amides is 1. The molecule has 1 fully saturated rings. The Bertz CT molecular complexity index is 647. The molecule has 128 valence electrons. The van der Waals surface area contributed by atoms with Crippen LogP contribution in [0.2, 0.25) is 0 Å². The Hall–Kier alpha value is -0.400. The zero-order valence-corrected chi connectivity index (χ0v) is 16.5. The molecule has 2 N–H and O–H groups in total. The van der Waals surface area contributed by atoms with E-state index in [1.807, 2.05) is 12.1 Å². The number of benzene rings is 1. The SMILES string of the molecule is Cl.Cl.O=C(CCc1nc2cc(Br)ccc2s1)NC1CCNCC1. The first-order chi connectivity index (χ1) is 10.2. The number of halogens is 3. The van der Waals surface area contributed by atoms with Crippen LogP contribution in [0.25, 0.3) is 10.2 Å². The summed E-state index contributed by atoms with van der Waals surface area (Å²) in [7, 11) is 0. The lowest BCUT2D eigenvalue weighted by atomic mass is 10.1. The van der Waals surface area contributed by atoms with Crippen molar-refractivity contribution < 1.29 is 4.79 Å². The highest BCUT2D eigenvalue weighted by molar-refractivity contribution is 9.10. The van der Waals surface area contributed by atoms with Crippen LogP contribution in [0, 0.1) is 0 Å². The maximum absolute atomic E-state index is 12.0. The molecule has 0 atom stereocenters. The first-order valence-corrected chi connectivity index (χ1v) is 8.87. The standard InChI is InChI=1S/C15H18BrN3OS.2ClH/c16-10-1-2-13-12(9-10)19-15(21-13)4-3-14(20)18-11-5-7-17-8-6-11;;/h1-2,9,11,17H,3-8H2,(H,18,20);2*1H. The maximum Gasteiger partial charge on any atom is 0.220 e. The van der Waals surface area contributed by atoms with Gasteiger partial charge in [-0.2, -0.15) is 0 Å². The predicted octanol–water partition coefficient (Wildman–Crippen LogP) is 3.70. The fraction of sp³-hybridized carbons (Fsp3) is 0.467. The molecule has 0 radical (unpaired) electrons. The zero-order chi connectivity index (χ0) is 14.7. The van der Waals surface area contributed by atoms with Gasteiger partial charge in [0.05, 0.1) is 15.2 Å². The lowest BCUT2D eigenvalue weighted by Gasteiger charge is -2.23. The van der Waals surface area contributed by atoms with Gasteiger partial charge in [0.1, 0.15) is 0 Å². The Balaban J connectivity index is 0.00000132. The van der Waals surface area contributed by atoms with Crippen LogP contribution in [0.1, 0.15) is 24.3 Å². The summed E-state index contributed by atoms with van der Waals surface area (Å²) >= 11 is 5.13. The summed E-state index contributed by atoms with van der Waals surface area (Å²) in [5.41, 5.74) is 1.00. The molecule has 23 heavy (non-hydrogen) atoms. The fourth-order valence-electron chi connectivity index (χ4n) is 2.54. The largest absolute Gasteiger partial charge is 0.353 e. The third-order valence-electron chi connectivity index (χ3n) is 3.66. The molecule has 1 aliphatic heterocycles. The fourth-order valence-corrected chi connectivity index (χ4v) is 3.84. The van der Waals surface area contributed by atoms with Crippen molar-refractivity contribution in [3.63, 3.8) is 0 Å². The smallest absolute Gasteiger partial charge is 0.220 e. The molecule has 0 spiro atoms. The quantitative estimate of drug-likeness (QED) is 0.761. The van der Waals surface area contributed by atoms with Crippen LogP contribution >= 0.6 is 52.1 Å². The van der Waals surface area contributed by atoms with E-state index in [2.05, 4.69) is 37.6 Å².